The summed E-state index contributed by atoms with van der Waals surface area (Å²) in [7, 11) is 1.46. The molecule has 3 heterocycles. The summed E-state index contributed by atoms with van der Waals surface area (Å²) in [6.45, 7) is 0.234. The first-order valence-corrected chi connectivity index (χ1v) is 10.5. The third-order valence-corrected chi connectivity index (χ3v) is 6.02. The Hall–Kier alpha value is -3.27. The highest BCUT2D eigenvalue weighted by atomic mass is 19.4. The summed E-state index contributed by atoms with van der Waals surface area (Å²) in [5, 5.41) is 11.2. The highest BCUT2D eigenvalue weighted by molar-refractivity contribution is 5.52. The van der Waals surface area contributed by atoms with E-state index in [-0.39, 0.29) is 24.5 Å². The Labute approximate surface area is 187 Å². The second-order valence-electron chi connectivity index (χ2n) is 8.08. The molecule has 2 atom stereocenters. The minimum Gasteiger partial charge on any atom is -0.497 e. The summed E-state index contributed by atoms with van der Waals surface area (Å²) < 4.78 is 49.7. The number of fused-ring (bicyclic) bond motifs is 1. The van der Waals surface area contributed by atoms with Gasteiger partial charge in [0.1, 0.15) is 17.9 Å². The van der Waals surface area contributed by atoms with E-state index in [2.05, 4.69) is 15.0 Å². The van der Waals surface area contributed by atoms with E-state index >= 15 is 0 Å². The number of halogens is 3. The molecular formula is C23H23F3N4O3. The number of benzene rings is 1. The molecule has 1 N–H and O–H groups in total. The Balaban J connectivity index is 1.84. The van der Waals surface area contributed by atoms with E-state index in [1.54, 1.807) is 12.1 Å². The van der Waals surface area contributed by atoms with Gasteiger partial charge in [-0.2, -0.15) is 13.2 Å². The van der Waals surface area contributed by atoms with Crippen molar-refractivity contribution in [3.63, 3.8) is 0 Å². The van der Waals surface area contributed by atoms with Crippen LogP contribution in [0, 0.1) is 0 Å². The molecule has 0 bridgehead atoms. The Morgan fingerprint density at radius 2 is 1.91 bits per heavy atom. The van der Waals surface area contributed by atoms with Crippen molar-refractivity contribution in [1.29, 1.82) is 0 Å². The Kier molecular flexibility index (Phi) is 6.20. The van der Waals surface area contributed by atoms with E-state index in [4.69, 9.17) is 4.74 Å². The molecule has 10 heteroatoms. The molecule has 0 saturated carbocycles. The second kappa shape index (κ2) is 8.93. The normalized spacial score (nSPS) is 18.2. The molecule has 0 aliphatic carbocycles. The van der Waals surface area contributed by atoms with Crippen LogP contribution in [0.15, 0.2) is 53.7 Å². The molecule has 0 fully saturated rings. The highest BCUT2D eigenvalue weighted by Crippen LogP contribution is 2.46. The van der Waals surface area contributed by atoms with Crippen LogP contribution in [0.5, 0.6) is 5.75 Å². The van der Waals surface area contributed by atoms with E-state index < -0.39 is 29.7 Å². The van der Waals surface area contributed by atoms with Crippen LogP contribution in [0.3, 0.4) is 0 Å². The average molecular weight is 460 g/mol. The third kappa shape index (κ3) is 4.47. The minimum atomic E-state index is -4.96. The molecule has 2 aromatic heterocycles. The quantitative estimate of drug-likeness (QED) is 0.627. The lowest BCUT2D eigenvalue weighted by Crippen LogP contribution is -2.53. The summed E-state index contributed by atoms with van der Waals surface area (Å²) in [6, 6.07) is 8.85. The summed E-state index contributed by atoms with van der Waals surface area (Å²) >= 11 is 0. The lowest BCUT2D eigenvalue weighted by molar-refractivity contribution is -0.270. The molecule has 0 amide bonds. The number of ether oxygens (including phenoxy) is 1. The van der Waals surface area contributed by atoms with E-state index in [1.807, 2.05) is 0 Å². The molecule has 174 valence electrons. The molecule has 0 spiro atoms. The third-order valence-electron chi connectivity index (χ3n) is 6.02. The fourth-order valence-corrected chi connectivity index (χ4v) is 4.26. The van der Waals surface area contributed by atoms with E-state index in [1.165, 1.54) is 48.5 Å². The first-order valence-electron chi connectivity index (χ1n) is 10.5. The highest BCUT2D eigenvalue weighted by Gasteiger charge is 2.59. The maximum atomic E-state index is 14.5. The molecule has 1 aliphatic heterocycles. The molecule has 3 aromatic rings. The van der Waals surface area contributed by atoms with E-state index in [0.29, 0.717) is 29.8 Å². The average Bonchev–Trinajstić information content (AvgIpc) is 3.02. The van der Waals surface area contributed by atoms with Gasteiger partial charge in [-0.25, -0.2) is 15.0 Å². The number of rotatable bonds is 5. The number of aliphatic hydroxyl groups is 1. The van der Waals surface area contributed by atoms with Crippen LogP contribution in [-0.4, -0.2) is 43.5 Å². The van der Waals surface area contributed by atoms with Gasteiger partial charge < -0.3 is 9.84 Å². The van der Waals surface area contributed by atoms with Gasteiger partial charge in [-0.3, -0.25) is 9.36 Å². The van der Waals surface area contributed by atoms with Crippen molar-refractivity contribution in [2.75, 3.05) is 7.11 Å². The number of alkyl halides is 3. The van der Waals surface area contributed by atoms with Gasteiger partial charge in [-0.05, 0) is 36.6 Å². The molecule has 0 saturated heterocycles. The van der Waals surface area contributed by atoms with Crippen LogP contribution in [0.2, 0.25) is 0 Å². The lowest BCUT2D eigenvalue weighted by atomic mass is 9.78. The standard InChI is InChI=1S/C23H23F3N4O3/c1-33-16-7-5-15(6-8-16)13-22(32,23(24,25)26)17-4-2-3-11-30-20(31)12-19(29-21(17)30)18-9-10-27-14-28-18/h5-10,12,14,17,32H,2-4,11,13H2,1H3. The Morgan fingerprint density at radius 3 is 2.55 bits per heavy atom. The predicted octanol–water partition coefficient (Wildman–Crippen LogP) is 3.51. The number of methoxy groups -OCH3 is 1. The van der Waals surface area contributed by atoms with Crippen molar-refractivity contribution in [3.8, 4) is 17.1 Å². The lowest BCUT2D eigenvalue weighted by Gasteiger charge is -2.37. The molecule has 4 rings (SSSR count). The zero-order valence-electron chi connectivity index (χ0n) is 17.9. The van der Waals surface area contributed by atoms with E-state index in [0.717, 1.165) is 0 Å². The van der Waals surface area contributed by atoms with Crippen molar-refractivity contribution in [3.05, 3.63) is 70.7 Å². The minimum absolute atomic E-state index is 0.0336. The SMILES string of the molecule is COc1ccc(CC(O)(C2CCCCn3c2nc(-c2ccncn2)cc3=O)C(F)(F)F)cc1. The summed E-state index contributed by atoms with van der Waals surface area (Å²) in [5.41, 5.74) is -2.85. The molecule has 33 heavy (non-hydrogen) atoms. The zero-order chi connectivity index (χ0) is 23.6. The van der Waals surface area contributed by atoms with Gasteiger partial charge in [0.25, 0.3) is 5.56 Å². The molecule has 0 radical (unpaired) electrons. The largest absolute Gasteiger partial charge is 0.497 e. The summed E-state index contributed by atoms with van der Waals surface area (Å²) in [4.78, 5) is 25.2. The maximum absolute atomic E-state index is 14.5. The smallest absolute Gasteiger partial charge is 0.418 e. The Morgan fingerprint density at radius 1 is 1.15 bits per heavy atom. The van der Waals surface area contributed by atoms with Gasteiger partial charge in [0.2, 0.25) is 0 Å². The van der Waals surface area contributed by atoms with Crippen LogP contribution in [0.1, 0.15) is 36.6 Å². The molecule has 7 nitrogen and oxygen atoms in total. The van der Waals surface area contributed by atoms with Crippen molar-refractivity contribution >= 4 is 0 Å². The van der Waals surface area contributed by atoms with Gasteiger partial charge in [0, 0.05) is 25.2 Å². The predicted molar refractivity (Wildman–Crippen MR) is 114 cm³/mol. The van der Waals surface area contributed by atoms with Crippen LogP contribution in [0.25, 0.3) is 11.4 Å². The summed E-state index contributed by atoms with van der Waals surface area (Å²) in [6.07, 6.45) is -1.96. The van der Waals surface area contributed by atoms with Crippen molar-refractivity contribution < 1.29 is 23.0 Å². The topological polar surface area (TPSA) is 90.1 Å². The van der Waals surface area contributed by atoms with E-state index in [9.17, 15) is 23.1 Å². The number of hydrogen-bond donors (Lipinski definition) is 1. The maximum Gasteiger partial charge on any atom is 0.418 e. The van der Waals surface area contributed by atoms with Crippen molar-refractivity contribution in [2.24, 2.45) is 0 Å². The Bertz CT molecular complexity index is 1170. The van der Waals surface area contributed by atoms with Gasteiger partial charge in [0.05, 0.1) is 24.4 Å². The van der Waals surface area contributed by atoms with Gasteiger partial charge in [0.15, 0.2) is 5.60 Å². The van der Waals surface area contributed by atoms with Gasteiger partial charge in [-0.1, -0.05) is 18.6 Å². The van der Waals surface area contributed by atoms with Crippen LogP contribution < -0.4 is 10.3 Å². The van der Waals surface area contributed by atoms with Gasteiger partial charge in [-0.15, -0.1) is 0 Å². The number of nitrogens with zero attached hydrogens (tertiary/aromatic N) is 4. The molecular weight excluding hydrogens is 437 g/mol. The zero-order valence-corrected chi connectivity index (χ0v) is 17.9. The number of aromatic nitrogens is 4. The van der Waals surface area contributed by atoms with Crippen LogP contribution >= 0.6 is 0 Å². The van der Waals surface area contributed by atoms with Gasteiger partial charge >= 0.3 is 6.18 Å². The molecule has 1 aromatic carbocycles. The second-order valence-corrected chi connectivity index (χ2v) is 8.08. The molecule has 2 unspecified atom stereocenters. The van der Waals surface area contributed by atoms with Crippen molar-refractivity contribution in [1.82, 2.24) is 19.5 Å². The van der Waals surface area contributed by atoms with Crippen LogP contribution in [0.4, 0.5) is 13.2 Å². The number of hydrogen-bond acceptors (Lipinski definition) is 6. The molecule has 1 aliphatic rings. The van der Waals surface area contributed by atoms with Crippen molar-refractivity contribution in [2.45, 2.75) is 49.9 Å². The van der Waals surface area contributed by atoms with Crippen LogP contribution in [-0.2, 0) is 13.0 Å². The summed E-state index contributed by atoms with van der Waals surface area (Å²) in [5.74, 6) is -1.02. The first-order chi connectivity index (χ1) is 15.7. The fraction of sp³-hybridized carbons (Fsp3) is 0.391. The first kappa shape index (κ1) is 22.9. The monoisotopic (exact) mass is 460 g/mol. The fourth-order valence-electron chi connectivity index (χ4n) is 4.26.